The van der Waals surface area contributed by atoms with Crippen LogP contribution in [-0.4, -0.2) is 29.1 Å². The summed E-state index contributed by atoms with van der Waals surface area (Å²) in [6.07, 6.45) is 3.80. The molecule has 0 aliphatic heterocycles. The lowest BCUT2D eigenvalue weighted by Crippen LogP contribution is -2.33. The molecule has 0 atom stereocenters. The van der Waals surface area contributed by atoms with E-state index in [4.69, 9.17) is 16.7 Å². The van der Waals surface area contributed by atoms with Gasteiger partial charge in [-0.1, -0.05) is 18.0 Å². The van der Waals surface area contributed by atoms with Crippen LogP contribution < -0.4 is 4.90 Å². The number of hydrogen-bond donors (Lipinski definition) is 1. The van der Waals surface area contributed by atoms with Crippen LogP contribution in [0.15, 0.2) is 12.1 Å². The van der Waals surface area contributed by atoms with Crippen LogP contribution in [0.3, 0.4) is 0 Å². The fourth-order valence-electron chi connectivity index (χ4n) is 2.14. The maximum Gasteiger partial charge on any atom is 0.335 e. The van der Waals surface area contributed by atoms with E-state index in [9.17, 15) is 4.79 Å². The summed E-state index contributed by atoms with van der Waals surface area (Å²) >= 11 is 5.88. The largest absolute Gasteiger partial charge is 0.478 e. The molecule has 4 nitrogen and oxygen atoms in total. The standard InChI is InChI=1S/C13H17ClN2O2/c1-2-16(8-9-4-3-5-9)12-7-10(13(17)18)6-11(14)15-12/h6-7,9H,2-5,8H2,1H3,(H,17,18). The molecule has 1 aromatic heterocycles. The van der Waals surface area contributed by atoms with E-state index in [1.807, 2.05) is 6.92 Å². The normalized spacial score (nSPS) is 15.2. The van der Waals surface area contributed by atoms with Crippen LogP contribution in [0.5, 0.6) is 0 Å². The maximum atomic E-state index is 11.0. The van der Waals surface area contributed by atoms with Crippen molar-refractivity contribution >= 4 is 23.4 Å². The average molecular weight is 269 g/mol. The Morgan fingerprint density at radius 2 is 2.28 bits per heavy atom. The molecule has 98 valence electrons. The zero-order valence-corrected chi connectivity index (χ0v) is 11.2. The molecule has 5 heteroatoms. The molecule has 1 aromatic rings. The highest BCUT2D eigenvalue weighted by Crippen LogP contribution is 2.29. The number of carboxylic acid groups (broad SMARTS) is 1. The molecule has 0 amide bonds. The summed E-state index contributed by atoms with van der Waals surface area (Å²) in [7, 11) is 0. The minimum absolute atomic E-state index is 0.192. The molecule has 1 aliphatic rings. The van der Waals surface area contributed by atoms with Gasteiger partial charge in [0.1, 0.15) is 11.0 Å². The van der Waals surface area contributed by atoms with Crippen molar-refractivity contribution in [2.45, 2.75) is 26.2 Å². The number of pyridine rings is 1. The summed E-state index contributed by atoms with van der Waals surface area (Å²) < 4.78 is 0. The first-order valence-electron chi connectivity index (χ1n) is 6.26. The third kappa shape index (κ3) is 2.93. The summed E-state index contributed by atoms with van der Waals surface area (Å²) in [6.45, 7) is 3.79. The van der Waals surface area contributed by atoms with E-state index in [-0.39, 0.29) is 10.7 Å². The van der Waals surface area contributed by atoms with E-state index in [2.05, 4.69) is 9.88 Å². The van der Waals surface area contributed by atoms with Gasteiger partial charge < -0.3 is 10.0 Å². The van der Waals surface area contributed by atoms with Crippen molar-refractivity contribution in [3.05, 3.63) is 22.8 Å². The third-order valence-corrected chi connectivity index (χ3v) is 3.63. The van der Waals surface area contributed by atoms with Crippen LogP contribution in [0, 0.1) is 5.92 Å². The Morgan fingerprint density at radius 1 is 1.56 bits per heavy atom. The fourth-order valence-corrected chi connectivity index (χ4v) is 2.34. The van der Waals surface area contributed by atoms with Crippen LogP contribution in [0.25, 0.3) is 0 Å². The van der Waals surface area contributed by atoms with Crippen LogP contribution in [0.1, 0.15) is 36.5 Å². The highest BCUT2D eigenvalue weighted by Gasteiger charge is 2.21. The molecule has 1 aliphatic carbocycles. The molecule has 0 saturated heterocycles. The predicted molar refractivity (Wildman–Crippen MR) is 71.4 cm³/mol. The van der Waals surface area contributed by atoms with Crippen molar-refractivity contribution in [1.29, 1.82) is 0 Å². The smallest absolute Gasteiger partial charge is 0.335 e. The van der Waals surface area contributed by atoms with E-state index in [1.165, 1.54) is 25.3 Å². The summed E-state index contributed by atoms with van der Waals surface area (Å²) in [5.74, 6) is 0.397. The Bertz CT molecular complexity index is 447. The molecule has 0 aromatic carbocycles. The first-order chi connectivity index (χ1) is 8.60. The zero-order chi connectivity index (χ0) is 13.1. The Morgan fingerprint density at radius 3 is 2.78 bits per heavy atom. The number of anilines is 1. The molecule has 1 N–H and O–H groups in total. The van der Waals surface area contributed by atoms with Gasteiger partial charge in [-0.3, -0.25) is 0 Å². The summed E-state index contributed by atoms with van der Waals surface area (Å²) in [5.41, 5.74) is 0.192. The number of aromatic carboxylic acids is 1. The van der Waals surface area contributed by atoms with Gasteiger partial charge in [-0.15, -0.1) is 0 Å². The number of rotatable bonds is 5. The molecular weight excluding hydrogens is 252 g/mol. The molecule has 1 saturated carbocycles. The first-order valence-corrected chi connectivity index (χ1v) is 6.63. The van der Waals surface area contributed by atoms with Crippen LogP contribution in [0.4, 0.5) is 5.82 Å². The monoisotopic (exact) mass is 268 g/mol. The minimum Gasteiger partial charge on any atom is -0.478 e. The van der Waals surface area contributed by atoms with Gasteiger partial charge in [-0.2, -0.15) is 0 Å². The highest BCUT2D eigenvalue weighted by atomic mass is 35.5. The van der Waals surface area contributed by atoms with Crippen molar-refractivity contribution < 1.29 is 9.90 Å². The summed E-state index contributed by atoms with van der Waals surface area (Å²) in [4.78, 5) is 17.3. The quantitative estimate of drug-likeness (QED) is 0.834. The molecule has 0 radical (unpaired) electrons. The second-order valence-electron chi connectivity index (χ2n) is 4.68. The van der Waals surface area contributed by atoms with Gasteiger partial charge in [0.25, 0.3) is 0 Å². The molecule has 0 unspecified atom stereocenters. The van der Waals surface area contributed by atoms with Crippen molar-refractivity contribution in [3.8, 4) is 0 Å². The number of nitrogens with zero attached hydrogens (tertiary/aromatic N) is 2. The highest BCUT2D eigenvalue weighted by molar-refractivity contribution is 6.29. The van der Waals surface area contributed by atoms with Gasteiger partial charge in [0, 0.05) is 13.1 Å². The van der Waals surface area contributed by atoms with Crippen molar-refractivity contribution in [1.82, 2.24) is 4.98 Å². The Hall–Kier alpha value is -1.29. The average Bonchev–Trinajstić information content (AvgIpc) is 2.27. The second kappa shape index (κ2) is 5.57. The lowest BCUT2D eigenvalue weighted by molar-refractivity contribution is 0.0697. The molecule has 0 bridgehead atoms. The first kappa shape index (κ1) is 13.1. The maximum absolute atomic E-state index is 11.0. The van der Waals surface area contributed by atoms with Crippen LogP contribution in [-0.2, 0) is 0 Å². The Kier molecular flexibility index (Phi) is 4.07. The lowest BCUT2D eigenvalue weighted by atomic mass is 9.85. The van der Waals surface area contributed by atoms with Gasteiger partial charge in [-0.05, 0) is 37.8 Å². The lowest BCUT2D eigenvalue weighted by Gasteiger charge is -2.32. The van der Waals surface area contributed by atoms with Gasteiger partial charge in [0.05, 0.1) is 5.56 Å². The number of carbonyl (C=O) groups is 1. The molecule has 1 fully saturated rings. The van der Waals surface area contributed by atoms with Crippen molar-refractivity contribution in [2.75, 3.05) is 18.0 Å². The second-order valence-corrected chi connectivity index (χ2v) is 5.06. The molecule has 0 spiro atoms. The predicted octanol–water partition coefficient (Wildman–Crippen LogP) is 3.06. The minimum atomic E-state index is -0.972. The van der Waals surface area contributed by atoms with Gasteiger partial charge in [0.2, 0.25) is 0 Å². The molecular formula is C13H17ClN2O2. The van der Waals surface area contributed by atoms with Crippen LogP contribution >= 0.6 is 11.6 Å². The molecule has 1 heterocycles. The van der Waals surface area contributed by atoms with Crippen molar-refractivity contribution in [2.24, 2.45) is 5.92 Å². The summed E-state index contributed by atoms with van der Waals surface area (Å²) in [6, 6.07) is 2.97. The van der Waals surface area contributed by atoms with Gasteiger partial charge in [-0.25, -0.2) is 9.78 Å². The third-order valence-electron chi connectivity index (χ3n) is 3.44. The van der Waals surface area contributed by atoms with Crippen molar-refractivity contribution in [3.63, 3.8) is 0 Å². The van der Waals surface area contributed by atoms with E-state index in [0.717, 1.165) is 13.1 Å². The fraction of sp³-hybridized carbons (Fsp3) is 0.538. The Balaban J connectivity index is 2.20. The SMILES string of the molecule is CCN(CC1CCC1)c1cc(C(=O)O)cc(Cl)n1. The number of hydrogen-bond acceptors (Lipinski definition) is 3. The van der Waals surface area contributed by atoms with Gasteiger partial charge in [0.15, 0.2) is 0 Å². The summed E-state index contributed by atoms with van der Waals surface area (Å²) in [5, 5.41) is 9.26. The zero-order valence-electron chi connectivity index (χ0n) is 10.4. The molecule has 2 rings (SSSR count). The van der Waals surface area contributed by atoms with E-state index in [1.54, 1.807) is 6.07 Å². The van der Waals surface area contributed by atoms with E-state index >= 15 is 0 Å². The number of aromatic nitrogens is 1. The van der Waals surface area contributed by atoms with Crippen LogP contribution in [0.2, 0.25) is 5.15 Å². The topological polar surface area (TPSA) is 53.4 Å². The van der Waals surface area contributed by atoms with E-state index in [0.29, 0.717) is 11.7 Å². The number of carboxylic acids is 1. The number of halogens is 1. The molecule has 18 heavy (non-hydrogen) atoms. The van der Waals surface area contributed by atoms with E-state index < -0.39 is 5.97 Å². The van der Waals surface area contributed by atoms with Gasteiger partial charge >= 0.3 is 5.97 Å². The Labute approximate surface area is 112 Å².